The van der Waals surface area contributed by atoms with Crippen LogP contribution in [0, 0.1) is 0 Å². The number of hydrogen-bond donors (Lipinski definition) is 3. The van der Waals surface area contributed by atoms with E-state index in [1.54, 1.807) is 0 Å². The Kier molecular flexibility index (Phi) is 14.7. The van der Waals surface area contributed by atoms with Gasteiger partial charge in [0.15, 0.2) is 0 Å². The fourth-order valence-corrected chi connectivity index (χ4v) is 0.879. The lowest BCUT2D eigenvalue weighted by Crippen LogP contribution is -2.39. The number of ether oxygens (including phenoxy) is 1. The third-order valence-electron chi connectivity index (χ3n) is 1.88. The van der Waals surface area contributed by atoms with E-state index in [1.165, 1.54) is 0 Å². The summed E-state index contributed by atoms with van der Waals surface area (Å²) in [6.07, 6.45) is -3.04. The van der Waals surface area contributed by atoms with Crippen LogP contribution in [0.25, 0.3) is 0 Å². The Hall–Kier alpha value is -1.35. The van der Waals surface area contributed by atoms with Crippen LogP contribution < -0.4 is 10.6 Å². The number of alkyl halides is 3. The predicted octanol–water partition coefficient (Wildman–Crippen LogP) is 0.772. The molecule has 20 heavy (non-hydrogen) atoms. The monoisotopic (exact) mass is 302 g/mol. The molecule has 0 unspecified atom stereocenters. The molecule has 1 heterocycles. The summed E-state index contributed by atoms with van der Waals surface area (Å²) in [6.45, 7) is 7.66. The summed E-state index contributed by atoms with van der Waals surface area (Å²) in [5.74, 6) is -2.76. The molecule has 1 aliphatic rings. The highest BCUT2D eigenvalue weighted by Gasteiger charge is 2.38. The van der Waals surface area contributed by atoms with Crippen molar-refractivity contribution in [1.82, 2.24) is 10.6 Å². The second-order valence-corrected chi connectivity index (χ2v) is 3.62. The first-order valence-corrected chi connectivity index (χ1v) is 6.13. The van der Waals surface area contributed by atoms with E-state index in [4.69, 9.17) is 9.90 Å². The molecule has 1 fully saturated rings. The average molecular weight is 302 g/mol. The molecule has 0 amide bonds. The SMILES string of the molecule is C1CNCCN1.CCCCOC=O.O=C(O)C(F)(F)F. The highest BCUT2D eigenvalue weighted by atomic mass is 19.4. The normalized spacial score (nSPS) is 14.0. The number of carbonyl (C=O) groups is 2. The molecule has 6 nitrogen and oxygen atoms in total. The van der Waals surface area contributed by atoms with E-state index in [2.05, 4.69) is 15.4 Å². The van der Waals surface area contributed by atoms with Gasteiger partial charge in [-0.05, 0) is 6.42 Å². The highest BCUT2D eigenvalue weighted by Crippen LogP contribution is 2.13. The maximum absolute atomic E-state index is 10.6. The van der Waals surface area contributed by atoms with E-state index >= 15 is 0 Å². The van der Waals surface area contributed by atoms with Gasteiger partial charge >= 0.3 is 12.1 Å². The Balaban J connectivity index is 0. The van der Waals surface area contributed by atoms with Crippen molar-refractivity contribution >= 4 is 12.4 Å². The van der Waals surface area contributed by atoms with Crippen LogP contribution in [0.3, 0.4) is 0 Å². The van der Waals surface area contributed by atoms with Crippen LogP contribution in [0.4, 0.5) is 13.2 Å². The molecule has 0 aliphatic carbocycles. The maximum Gasteiger partial charge on any atom is 0.490 e. The number of carboxylic acids is 1. The maximum atomic E-state index is 10.6. The van der Waals surface area contributed by atoms with Crippen LogP contribution in [0.5, 0.6) is 0 Å². The standard InChI is InChI=1S/C5H10O2.C4H10N2.C2HF3O2/c1-2-3-4-7-5-6;1-2-6-4-3-5-1;3-2(4,5)1(6)7/h5H,2-4H2,1H3;5-6H,1-4H2;(H,6,7). The quantitative estimate of drug-likeness (QED) is 0.525. The first-order valence-electron chi connectivity index (χ1n) is 6.13. The van der Waals surface area contributed by atoms with Crippen molar-refractivity contribution in [3.63, 3.8) is 0 Å². The van der Waals surface area contributed by atoms with Crippen molar-refractivity contribution in [2.24, 2.45) is 0 Å². The number of aliphatic carboxylic acids is 1. The predicted molar refractivity (Wildman–Crippen MR) is 66.4 cm³/mol. The second-order valence-electron chi connectivity index (χ2n) is 3.62. The molecule has 1 rings (SSSR count). The second kappa shape index (κ2) is 14.1. The third kappa shape index (κ3) is 19.0. The van der Waals surface area contributed by atoms with Crippen LogP contribution >= 0.6 is 0 Å². The van der Waals surface area contributed by atoms with Crippen molar-refractivity contribution in [2.45, 2.75) is 25.9 Å². The minimum absolute atomic E-state index is 0.482. The summed E-state index contributed by atoms with van der Waals surface area (Å²) in [5, 5.41) is 13.6. The summed E-state index contributed by atoms with van der Waals surface area (Å²) in [7, 11) is 0. The van der Waals surface area contributed by atoms with Crippen molar-refractivity contribution in [3.8, 4) is 0 Å². The van der Waals surface area contributed by atoms with Crippen LogP contribution in [-0.4, -0.2) is 56.5 Å². The molecule has 3 N–H and O–H groups in total. The molecule has 9 heteroatoms. The lowest BCUT2D eigenvalue weighted by atomic mass is 10.4. The zero-order chi connectivity index (χ0) is 15.9. The van der Waals surface area contributed by atoms with Crippen LogP contribution in [0.2, 0.25) is 0 Å². The number of piperazine rings is 1. The summed E-state index contributed by atoms with van der Waals surface area (Å²) in [4.78, 5) is 18.4. The van der Waals surface area contributed by atoms with Gasteiger partial charge in [-0.25, -0.2) is 4.79 Å². The van der Waals surface area contributed by atoms with E-state index in [-0.39, 0.29) is 0 Å². The van der Waals surface area contributed by atoms with Gasteiger partial charge in [0.25, 0.3) is 6.47 Å². The molecule has 0 aromatic heterocycles. The molecule has 0 saturated carbocycles. The Labute approximate surface area is 115 Å². The largest absolute Gasteiger partial charge is 0.490 e. The van der Waals surface area contributed by atoms with Gasteiger partial charge in [0.2, 0.25) is 0 Å². The lowest BCUT2D eigenvalue weighted by molar-refractivity contribution is -0.192. The lowest BCUT2D eigenvalue weighted by Gasteiger charge is -2.11. The van der Waals surface area contributed by atoms with Crippen LogP contribution in [-0.2, 0) is 14.3 Å². The van der Waals surface area contributed by atoms with E-state index in [0.717, 1.165) is 39.0 Å². The Bertz CT molecular complexity index is 235. The zero-order valence-corrected chi connectivity index (χ0v) is 11.3. The first-order chi connectivity index (χ1) is 9.36. The highest BCUT2D eigenvalue weighted by molar-refractivity contribution is 5.73. The minimum atomic E-state index is -5.08. The van der Waals surface area contributed by atoms with Crippen molar-refractivity contribution in [1.29, 1.82) is 0 Å². The van der Waals surface area contributed by atoms with Crippen LogP contribution in [0.1, 0.15) is 19.8 Å². The Morgan fingerprint density at radius 1 is 1.25 bits per heavy atom. The van der Waals surface area contributed by atoms with Gasteiger partial charge in [-0.3, -0.25) is 4.79 Å². The number of carboxylic acid groups (broad SMARTS) is 1. The molecule has 1 saturated heterocycles. The van der Waals surface area contributed by atoms with E-state index < -0.39 is 12.1 Å². The zero-order valence-electron chi connectivity index (χ0n) is 11.3. The fraction of sp³-hybridized carbons (Fsp3) is 0.818. The van der Waals surface area contributed by atoms with Gasteiger partial charge in [0.1, 0.15) is 0 Å². The molecule has 0 spiro atoms. The number of unbranched alkanes of at least 4 members (excludes halogenated alkanes) is 1. The van der Waals surface area contributed by atoms with Crippen molar-refractivity contribution < 1.29 is 32.6 Å². The number of nitrogens with one attached hydrogen (secondary N) is 2. The summed E-state index contributed by atoms with van der Waals surface area (Å²) in [5.41, 5.74) is 0. The van der Waals surface area contributed by atoms with Gasteiger partial charge < -0.3 is 20.5 Å². The molecule has 0 bridgehead atoms. The molecule has 0 atom stereocenters. The average Bonchev–Trinajstić information content (AvgIpc) is 2.42. The summed E-state index contributed by atoms with van der Waals surface area (Å²) < 4.78 is 36.1. The number of hydrogen-bond acceptors (Lipinski definition) is 5. The van der Waals surface area contributed by atoms with Crippen LogP contribution in [0.15, 0.2) is 0 Å². The molecule has 1 aliphatic heterocycles. The Morgan fingerprint density at radius 3 is 1.85 bits per heavy atom. The third-order valence-corrected chi connectivity index (χ3v) is 1.88. The van der Waals surface area contributed by atoms with E-state index in [1.807, 2.05) is 6.92 Å². The van der Waals surface area contributed by atoms with E-state index in [9.17, 15) is 18.0 Å². The fourth-order valence-electron chi connectivity index (χ4n) is 0.879. The molecule has 0 aromatic rings. The van der Waals surface area contributed by atoms with Crippen molar-refractivity contribution in [2.75, 3.05) is 32.8 Å². The molecular formula is C11H21F3N2O4. The molecule has 0 aromatic carbocycles. The van der Waals surface area contributed by atoms with Gasteiger partial charge in [-0.2, -0.15) is 13.2 Å². The summed E-state index contributed by atoms with van der Waals surface area (Å²) in [6, 6.07) is 0. The summed E-state index contributed by atoms with van der Waals surface area (Å²) >= 11 is 0. The first kappa shape index (κ1) is 21.0. The number of halogens is 3. The molecular weight excluding hydrogens is 281 g/mol. The van der Waals surface area contributed by atoms with Crippen molar-refractivity contribution in [3.05, 3.63) is 0 Å². The topological polar surface area (TPSA) is 87.7 Å². The number of carbonyl (C=O) groups excluding carboxylic acids is 1. The molecule has 120 valence electrons. The van der Waals surface area contributed by atoms with Gasteiger partial charge in [0, 0.05) is 26.2 Å². The number of rotatable bonds is 4. The Morgan fingerprint density at radius 2 is 1.65 bits per heavy atom. The van der Waals surface area contributed by atoms with E-state index in [0.29, 0.717) is 13.1 Å². The van der Waals surface area contributed by atoms with Gasteiger partial charge in [-0.15, -0.1) is 0 Å². The minimum Gasteiger partial charge on any atom is -0.475 e. The van der Waals surface area contributed by atoms with Gasteiger partial charge in [-0.1, -0.05) is 13.3 Å². The van der Waals surface area contributed by atoms with Gasteiger partial charge in [0.05, 0.1) is 6.61 Å². The smallest absolute Gasteiger partial charge is 0.475 e. The molecule has 0 radical (unpaired) electrons.